The summed E-state index contributed by atoms with van der Waals surface area (Å²) in [5, 5.41) is 9.89. The molecule has 0 aromatic rings. The average molecular weight is 506 g/mol. The lowest BCUT2D eigenvalue weighted by Gasteiger charge is -2.69. The number of ketones is 2. The fraction of sp³-hybridized carbons (Fsp3) is 0.788. The van der Waals surface area contributed by atoms with Crippen molar-refractivity contribution in [1.82, 2.24) is 0 Å². The van der Waals surface area contributed by atoms with E-state index < -0.39 is 10.8 Å². The van der Waals surface area contributed by atoms with Gasteiger partial charge in [0.25, 0.3) is 0 Å². The number of hydrogen-bond donors (Lipinski definition) is 0. The zero-order valence-electron chi connectivity index (χ0n) is 24.4. The van der Waals surface area contributed by atoms with Gasteiger partial charge in [-0.2, -0.15) is 5.26 Å². The molecule has 37 heavy (non-hydrogen) atoms. The van der Waals surface area contributed by atoms with Gasteiger partial charge in [0, 0.05) is 30.5 Å². The molecule has 5 rings (SSSR count). The van der Waals surface area contributed by atoms with E-state index in [1.54, 1.807) is 7.11 Å². The number of methoxy groups -OCH3 is 1. The Labute approximate surface area is 224 Å². The van der Waals surface area contributed by atoms with Gasteiger partial charge in [0.1, 0.15) is 6.07 Å². The molecule has 3 saturated carbocycles. The number of nitrogens with zero attached hydrogens (tertiary/aromatic N) is 1. The molecule has 4 heteroatoms. The summed E-state index contributed by atoms with van der Waals surface area (Å²) < 4.78 is 5.60. The molecule has 0 saturated heterocycles. The van der Waals surface area contributed by atoms with E-state index in [1.165, 1.54) is 18.4 Å². The van der Waals surface area contributed by atoms with Crippen molar-refractivity contribution in [3.8, 4) is 6.07 Å². The van der Waals surface area contributed by atoms with Gasteiger partial charge in [-0.25, -0.2) is 0 Å². The maximum Gasteiger partial charge on any atom is 0.178 e. The molecule has 5 aliphatic rings. The predicted molar refractivity (Wildman–Crippen MR) is 145 cm³/mol. The molecule has 7 unspecified atom stereocenters. The van der Waals surface area contributed by atoms with Crippen molar-refractivity contribution in [2.75, 3.05) is 13.7 Å². The van der Waals surface area contributed by atoms with Crippen LogP contribution in [0.5, 0.6) is 0 Å². The highest BCUT2D eigenvalue weighted by atomic mass is 16.5. The Morgan fingerprint density at radius 1 is 1.00 bits per heavy atom. The minimum atomic E-state index is -0.618. The van der Waals surface area contributed by atoms with Gasteiger partial charge in [-0.3, -0.25) is 9.59 Å². The number of fused-ring (bicyclic) bond motifs is 7. The highest BCUT2D eigenvalue weighted by molar-refractivity contribution is 6.04. The SMILES string of the molecule is COCCC12CCC(C)(C)CC1C1C(=O)C=C3C4(C)C=C(C#N)C(=O)C(C)(C)C4CCC3(C)C1(C)CC2. The summed E-state index contributed by atoms with van der Waals surface area (Å²) in [6, 6.07) is 2.21. The fourth-order valence-electron chi connectivity index (χ4n) is 10.5. The molecule has 202 valence electrons. The fourth-order valence-corrected chi connectivity index (χ4v) is 10.5. The number of rotatable bonds is 3. The number of carbonyl (C=O) groups excluding carboxylic acids is 2. The summed E-state index contributed by atoms with van der Waals surface area (Å²) in [6.45, 7) is 16.6. The third-order valence-electron chi connectivity index (χ3n) is 12.8. The molecule has 0 amide bonds. The number of carbonyl (C=O) groups is 2. The monoisotopic (exact) mass is 505 g/mol. The van der Waals surface area contributed by atoms with Gasteiger partial charge >= 0.3 is 0 Å². The van der Waals surface area contributed by atoms with Gasteiger partial charge in [0.05, 0.1) is 5.57 Å². The molecule has 5 aliphatic carbocycles. The van der Waals surface area contributed by atoms with E-state index in [9.17, 15) is 14.9 Å². The topological polar surface area (TPSA) is 67.2 Å². The van der Waals surface area contributed by atoms with Gasteiger partial charge in [-0.1, -0.05) is 60.1 Å². The normalized spacial score (nSPS) is 45.9. The van der Waals surface area contributed by atoms with Gasteiger partial charge in [-0.05, 0) is 90.9 Å². The average Bonchev–Trinajstić information content (AvgIpc) is 2.82. The highest BCUT2D eigenvalue weighted by Gasteiger charge is 2.69. The lowest BCUT2D eigenvalue weighted by atomic mass is 9.34. The third kappa shape index (κ3) is 3.41. The summed E-state index contributed by atoms with van der Waals surface area (Å²) >= 11 is 0. The molecule has 0 aliphatic heterocycles. The van der Waals surface area contributed by atoms with Crippen molar-refractivity contribution >= 4 is 11.6 Å². The second kappa shape index (κ2) is 8.14. The van der Waals surface area contributed by atoms with Crippen molar-refractivity contribution < 1.29 is 14.3 Å². The summed E-state index contributed by atoms with van der Waals surface area (Å²) in [6.07, 6.45) is 12.7. The van der Waals surface area contributed by atoms with Crippen LogP contribution in [0, 0.1) is 61.6 Å². The van der Waals surface area contributed by atoms with E-state index in [1.807, 2.05) is 26.0 Å². The molecule has 0 aromatic carbocycles. The van der Waals surface area contributed by atoms with E-state index in [4.69, 9.17) is 4.74 Å². The molecule has 0 radical (unpaired) electrons. The first kappa shape index (κ1) is 26.9. The van der Waals surface area contributed by atoms with Crippen molar-refractivity contribution in [2.24, 2.45) is 50.2 Å². The van der Waals surface area contributed by atoms with E-state index >= 15 is 0 Å². The number of Topliss-reactive ketones (excluding diaryl/α,β-unsaturated/α-hetero) is 1. The highest BCUT2D eigenvalue weighted by Crippen LogP contribution is 2.74. The Hall–Kier alpha value is -1.73. The molecule has 0 heterocycles. The molecule has 7 atom stereocenters. The Kier molecular flexibility index (Phi) is 5.91. The van der Waals surface area contributed by atoms with Gasteiger partial charge in [0.2, 0.25) is 0 Å². The first-order chi connectivity index (χ1) is 17.1. The number of allylic oxidation sites excluding steroid dienone is 4. The van der Waals surface area contributed by atoms with Crippen molar-refractivity contribution in [1.29, 1.82) is 5.26 Å². The van der Waals surface area contributed by atoms with E-state index in [-0.39, 0.29) is 44.9 Å². The third-order valence-corrected chi connectivity index (χ3v) is 12.8. The largest absolute Gasteiger partial charge is 0.385 e. The molecule has 0 aromatic heterocycles. The molecule has 4 nitrogen and oxygen atoms in total. The number of ether oxygens (including phenoxy) is 1. The lowest BCUT2D eigenvalue weighted by molar-refractivity contribution is -0.174. The Morgan fingerprint density at radius 3 is 2.32 bits per heavy atom. The molecular weight excluding hydrogens is 458 g/mol. The van der Waals surface area contributed by atoms with Crippen LogP contribution in [0.3, 0.4) is 0 Å². The van der Waals surface area contributed by atoms with Gasteiger partial charge < -0.3 is 4.74 Å². The second-order valence-electron chi connectivity index (χ2n) is 15.4. The van der Waals surface area contributed by atoms with Crippen LogP contribution < -0.4 is 0 Å². The van der Waals surface area contributed by atoms with Crippen LogP contribution in [-0.2, 0) is 14.3 Å². The van der Waals surface area contributed by atoms with Crippen LogP contribution in [0.1, 0.15) is 99.8 Å². The van der Waals surface area contributed by atoms with Crippen LogP contribution in [0.15, 0.2) is 23.3 Å². The van der Waals surface area contributed by atoms with Crippen molar-refractivity contribution in [3.63, 3.8) is 0 Å². The molecule has 0 spiro atoms. The molecule has 0 bridgehead atoms. The molecule has 3 fully saturated rings. The van der Waals surface area contributed by atoms with E-state index in [0.717, 1.165) is 45.1 Å². The lowest BCUT2D eigenvalue weighted by Crippen LogP contribution is -2.64. The molecular formula is C33H47NO3. The number of hydrogen-bond acceptors (Lipinski definition) is 4. The Balaban J connectivity index is 1.67. The summed E-state index contributed by atoms with van der Waals surface area (Å²) in [7, 11) is 1.80. The summed E-state index contributed by atoms with van der Waals surface area (Å²) in [5.74, 6) is 0.729. The van der Waals surface area contributed by atoms with Crippen LogP contribution >= 0.6 is 0 Å². The first-order valence-electron chi connectivity index (χ1n) is 14.6. The van der Waals surface area contributed by atoms with E-state index in [0.29, 0.717) is 11.7 Å². The summed E-state index contributed by atoms with van der Waals surface area (Å²) in [4.78, 5) is 27.7. The van der Waals surface area contributed by atoms with Gasteiger partial charge in [-0.15, -0.1) is 0 Å². The Bertz CT molecular complexity index is 1140. The zero-order valence-corrected chi connectivity index (χ0v) is 24.4. The van der Waals surface area contributed by atoms with Crippen LogP contribution in [0.25, 0.3) is 0 Å². The van der Waals surface area contributed by atoms with Crippen LogP contribution in [-0.4, -0.2) is 25.3 Å². The smallest absolute Gasteiger partial charge is 0.178 e. The maximum atomic E-state index is 14.4. The van der Waals surface area contributed by atoms with Crippen molar-refractivity contribution in [2.45, 2.75) is 99.8 Å². The van der Waals surface area contributed by atoms with Crippen molar-refractivity contribution in [3.05, 3.63) is 23.3 Å². The zero-order chi connectivity index (χ0) is 27.2. The van der Waals surface area contributed by atoms with Crippen LogP contribution in [0.2, 0.25) is 0 Å². The minimum absolute atomic E-state index is 0.0178. The maximum absolute atomic E-state index is 14.4. The quantitative estimate of drug-likeness (QED) is 0.405. The predicted octanol–water partition coefficient (Wildman–Crippen LogP) is 7.24. The minimum Gasteiger partial charge on any atom is -0.385 e. The van der Waals surface area contributed by atoms with Gasteiger partial charge in [0.15, 0.2) is 11.6 Å². The van der Waals surface area contributed by atoms with Crippen LogP contribution in [0.4, 0.5) is 0 Å². The van der Waals surface area contributed by atoms with E-state index in [2.05, 4.69) is 40.7 Å². The molecule has 0 N–H and O–H groups in total. The standard InChI is InChI=1S/C33H47NO3/c1-28(2)11-13-33(15-16-37-8)14-12-32(7)26(22(33)19-28)23(35)17-25-30(5)18-21(20-34)27(36)29(3,4)24(30)9-10-31(25,32)6/h17-18,22,24,26H,9-16,19H2,1-8H3. The Morgan fingerprint density at radius 2 is 1.68 bits per heavy atom. The summed E-state index contributed by atoms with van der Waals surface area (Å²) in [5.41, 5.74) is 0.524. The first-order valence-corrected chi connectivity index (χ1v) is 14.6. The second-order valence-corrected chi connectivity index (χ2v) is 15.4. The number of nitriles is 1.